The van der Waals surface area contributed by atoms with Crippen molar-refractivity contribution in [2.75, 3.05) is 13.2 Å². The number of aliphatic carboxylic acids is 3. The smallest absolute Gasteiger partial charge is 0.326 e. The third-order valence-electron chi connectivity index (χ3n) is 4.44. The molecule has 0 aromatic carbocycles. The molecule has 6 N–H and O–H groups in total. The molecule has 1 aromatic rings. The summed E-state index contributed by atoms with van der Waals surface area (Å²) in [6, 6.07) is -3.21. The van der Waals surface area contributed by atoms with Crippen LogP contribution in [0, 0.1) is 0 Å². The molecule has 0 bridgehead atoms. The summed E-state index contributed by atoms with van der Waals surface area (Å²) in [5, 5.41) is 41.0. The van der Waals surface area contributed by atoms with Crippen molar-refractivity contribution in [3.63, 3.8) is 0 Å². The monoisotopic (exact) mass is 502 g/mol. The largest absolute Gasteiger partial charge is 0.481 e. The molecule has 0 radical (unpaired) electrons. The molecule has 35 heavy (non-hydrogen) atoms. The van der Waals surface area contributed by atoms with E-state index in [0.29, 0.717) is 12.1 Å². The predicted octanol–water partition coefficient (Wildman–Crippen LogP) is -1.92. The highest BCUT2D eigenvalue weighted by atomic mass is 19.1. The summed E-state index contributed by atoms with van der Waals surface area (Å²) < 4.78 is 13.4. The molecule has 1 heterocycles. The Balaban J connectivity index is 2.45. The standard InChI is InChI=1S/C19H27FN6O9/c20-6-1-2-11-9-26(25-24-11)10-16(29)21-7-5-14(27)23-13(19(34)35)8-15(28)22-12(18(32)33)3-4-17(30)31/h9,12-13H,1-8,10H2,(H,21,29)(H,22,28)(H,23,27)(H,30,31)(H,32,33)(H,34,35)/t12-,13+/m0/s1. The van der Waals surface area contributed by atoms with Crippen molar-refractivity contribution in [2.24, 2.45) is 0 Å². The highest BCUT2D eigenvalue weighted by Gasteiger charge is 2.26. The number of halogens is 1. The van der Waals surface area contributed by atoms with Crippen molar-refractivity contribution in [1.29, 1.82) is 0 Å². The molecule has 194 valence electrons. The quantitative estimate of drug-likeness (QED) is 0.137. The van der Waals surface area contributed by atoms with E-state index in [2.05, 4.69) is 20.9 Å². The lowest BCUT2D eigenvalue weighted by molar-refractivity contribution is -0.145. The lowest BCUT2D eigenvalue weighted by atomic mass is 10.1. The van der Waals surface area contributed by atoms with Crippen LogP contribution in [0.25, 0.3) is 0 Å². The number of carboxylic acid groups (broad SMARTS) is 3. The van der Waals surface area contributed by atoms with Crippen LogP contribution < -0.4 is 16.0 Å². The topological polar surface area (TPSA) is 230 Å². The van der Waals surface area contributed by atoms with Gasteiger partial charge in [-0.05, 0) is 19.3 Å². The van der Waals surface area contributed by atoms with Crippen LogP contribution in [0.2, 0.25) is 0 Å². The van der Waals surface area contributed by atoms with Gasteiger partial charge in [-0.25, -0.2) is 14.3 Å². The summed E-state index contributed by atoms with van der Waals surface area (Å²) in [5.74, 6) is -6.62. The number of carboxylic acids is 3. The number of amides is 3. The second-order valence-corrected chi connectivity index (χ2v) is 7.35. The average Bonchev–Trinajstić information content (AvgIpc) is 3.21. The van der Waals surface area contributed by atoms with Crippen molar-refractivity contribution in [2.45, 2.75) is 57.2 Å². The molecule has 1 rings (SSSR count). The number of hydrogen-bond donors (Lipinski definition) is 6. The number of carbonyl (C=O) groups is 6. The Labute approximate surface area is 198 Å². The van der Waals surface area contributed by atoms with Gasteiger partial charge in [-0.3, -0.25) is 23.6 Å². The maximum absolute atomic E-state index is 12.2. The van der Waals surface area contributed by atoms with E-state index in [1.165, 1.54) is 10.9 Å². The molecule has 0 unspecified atom stereocenters. The van der Waals surface area contributed by atoms with Crippen LogP contribution in [0.4, 0.5) is 4.39 Å². The first-order valence-electron chi connectivity index (χ1n) is 10.5. The zero-order valence-corrected chi connectivity index (χ0v) is 18.6. The van der Waals surface area contributed by atoms with Gasteiger partial charge in [0.05, 0.1) is 18.8 Å². The van der Waals surface area contributed by atoms with E-state index >= 15 is 0 Å². The summed E-state index contributed by atoms with van der Waals surface area (Å²) >= 11 is 0. The average molecular weight is 502 g/mol. The molecule has 15 nitrogen and oxygen atoms in total. The van der Waals surface area contributed by atoms with Crippen LogP contribution in [-0.4, -0.2) is 91.2 Å². The molecule has 3 amide bonds. The molecule has 0 fully saturated rings. The van der Waals surface area contributed by atoms with E-state index in [1.807, 2.05) is 5.32 Å². The van der Waals surface area contributed by atoms with Gasteiger partial charge >= 0.3 is 17.9 Å². The highest BCUT2D eigenvalue weighted by molar-refractivity contribution is 5.90. The number of carbonyl (C=O) groups excluding carboxylic acids is 3. The van der Waals surface area contributed by atoms with E-state index < -0.39 is 73.7 Å². The minimum Gasteiger partial charge on any atom is -0.481 e. The van der Waals surface area contributed by atoms with Gasteiger partial charge in [-0.1, -0.05) is 5.21 Å². The summed E-state index contributed by atoms with van der Waals surface area (Å²) in [4.78, 5) is 69.0. The molecule has 0 aliphatic heterocycles. The van der Waals surface area contributed by atoms with Crippen molar-refractivity contribution in [1.82, 2.24) is 30.9 Å². The van der Waals surface area contributed by atoms with Gasteiger partial charge < -0.3 is 31.3 Å². The Hall–Kier alpha value is -4.11. The maximum Gasteiger partial charge on any atom is 0.326 e. The van der Waals surface area contributed by atoms with E-state index in [1.54, 1.807) is 0 Å². The Morgan fingerprint density at radius 2 is 1.60 bits per heavy atom. The molecule has 2 atom stereocenters. The fourth-order valence-electron chi connectivity index (χ4n) is 2.73. The summed E-state index contributed by atoms with van der Waals surface area (Å²) in [5.41, 5.74) is 0.523. The SMILES string of the molecule is O=C(O)CC[C@H](NC(=O)C[C@@H](NC(=O)CCNC(=O)Cn1cc(CCCF)nn1)C(=O)O)C(=O)O. The molecular formula is C19H27FN6O9. The number of alkyl halides is 1. The van der Waals surface area contributed by atoms with Gasteiger partial charge in [-0.15, -0.1) is 5.10 Å². The van der Waals surface area contributed by atoms with Gasteiger partial charge in [0.2, 0.25) is 17.7 Å². The molecule has 0 saturated heterocycles. The normalized spacial score (nSPS) is 12.3. The van der Waals surface area contributed by atoms with Gasteiger partial charge in [0, 0.05) is 25.6 Å². The van der Waals surface area contributed by atoms with Gasteiger partial charge in [0.25, 0.3) is 0 Å². The number of hydrogen-bond acceptors (Lipinski definition) is 8. The van der Waals surface area contributed by atoms with Crippen LogP contribution >= 0.6 is 0 Å². The Bertz CT molecular complexity index is 922. The minimum absolute atomic E-state index is 0.150. The number of rotatable bonds is 17. The number of aryl methyl sites for hydroxylation is 1. The Morgan fingerprint density at radius 3 is 2.20 bits per heavy atom. The Kier molecular flexibility index (Phi) is 12.3. The van der Waals surface area contributed by atoms with Crippen LogP contribution in [0.15, 0.2) is 6.20 Å². The molecule has 0 aliphatic carbocycles. The van der Waals surface area contributed by atoms with Gasteiger partial charge in [-0.2, -0.15) is 0 Å². The lowest BCUT2D eigenvalue weighted by Gasteiger charge is -2.17. The molecule has 1 aromatic heterocycles. The molecular weight excluding hydrogens is 475 g/mol. The summed E-state index contributed by atoms with van der Waals surface area (Å²) in [7, 11) is 0. The maximum atomic E-state index is 12.2. The van der Waals surface area contributed by atoms with Crippen molar-refractivity contribution in [3.05, 3.63) is 11.9 Å². The number of nitrogens with zero attached hydrogens (tertiary/aromatic N) is 3. The fourth-order valence-corrected chi connectivity index (χ4v) is 2.73. The predicted molar refractivity (Wildman–Crippen MR) is 113 cm³/mol. The van der Waals surface area contributed by atoms with Crippen LogP contribution in [0.1, 0.15) is 37.8 Å². The highest BCUT2D eigenvalue weighted by Crippen LogP contribution is 2.02. The van der Waals surface area contributed by atoms with Gasteiger partial charge in [0.1, 0.15) is 18.6 Å². The molecule has 16 heteroatoms. The molecule has 0 spiro atoms. The zero-order chi connectivity index (χ0) is 26.4. The molecule has 0 aliphatic rings. The van der Waals surface area contributed by atoms with E-state index in [9.17, 15) is 38.3 Å². The summed E-state index contributed by atoms with van der Waals surface area (Å²) in [6.45, 7) is -0.851. The minimum atomic E-state index is -1.68. The van der Waals surface area contributed by atoms with Crippen LogP contribution in [-0.2, 0) is 41.7 Å². The van der Waals surface area contributed by atoms with Gasteiger partial charge in [0.15, 0.2) is 0 Å². The second kappa shape index (κ2) is 14.9. The van der Waals surface area contributed by atoms with Crippen LogP contribution in [0.3, 0.4) is 0 Å². The van der Waals surface area contributed by atoms with E-state index in [4.69, 9.17) is 10.2 Å². The van der Waals surface area contributed by atoms with E-state index in [0.717, 1.165) is 0 Å². The third-order valence-corrected chi connectivity index (χ3v) is 4.44. The Morgan fingerprint density at radius 1 is 0.943 bits per heavy atom. The number of aromatic nitrogens is 3. The zero-order valence-electron chi connectivity index (χ0n) is 18.6. The first-order valence-corrected chi connectivity index (χ1v) is 10.5. The van der Waals surface area contributed by atoms with Crippen LogP contribution in [0.5, 0.6) is 0 Å². The van der Waals surface area contributed by atoms with Crippen molar-refractivity contribution < 1.29 is 48.5 Å². The third kappa shape index (κ3) is 12.1. The van der Waals surface area contributed by atoms with Crippen molar-refractivity contribution >= 4 is 35.6 Å². The lowest BCUT2D eigenvalue weighted by Crippen LogP contribution is -2.47. The second-order valence-electron chi connectivity index (χ2n) is 7.35. The van der Waals surface area contributed by atoms with Crippen molar-refractivity contribution in [3.8, 4) is 0 Å². The fraction of sp³-hybridized carbons (Fsp3) is 0.579. The first-order chi connectivity index (χ1) is 16.5. The summed E-state index contributed by atoms with van der Waals surface area (Å²) in [6.07, 6.45) is 0.103. The molecule has 0 saturated carbocycles. The number of nitrogens with one attached hydrogen (secondary N) is 3. The first kappa shape index (κ1) is 28.9. The van der Waals surface area contributed by atoms with E-state index in [-0.39, 0.29) is 25.9 Å².